The topological polar surface area (TPSA) is 67.8 Å². The van der Waals surface area contributed by atoms with E-state index in [0.29, 0.717) is 6.10 Å². The molecule has 0 amide bonds. The molecule has 0 aromatic heterocycles. The highest BCUT2D eigenvalue weighted by molar-refractivity contribution is 7.98. The third-order valence-corrected chi connectivity index (χ3v) is 4.11. The van der Waals surface area contributed by atoms with Crippen molar-refractivity contribution in [3.63, 3.8) is 0 Å². The van der Waals surface area contributed by atoms with Gasteiger partial charge in [0.2, 0.25) is 0 Å². The molecule has 1 unspecified atom stereocenters. The zero-order valence-corrected chi connectivity index (χ0v) is 11.0. The summed E-state index contributed by atoms with van der Waals surface area (Å²) in [5, 5.41) is 11.8. The van der Waals surface area contributed by atoms with Gasteiger partial charge >= 0.3 is 0 Å². The third kappa shape index (κ3) is 3.40. The summed E-state index contributed by atoms with van der Waals surface area (Å²) in [6.07, 6.45) is 2.73. The molecule has 1 aliphatic rings. The SMILES string of the molecule is N/C(=N/O)c1ccccc1CSCC1CCCO1. The van der Waals surface area contributed by atoms with Gasteiger partial charge in [0.15, 0.2) is 5.84 Å². The second-order valence-electron chi connectivity index (χ2n) is 4.29. The third-order valence-electron chi connectivity index (χ3n) is 2.99. The Morgan fingerprint density at radius 2 is 2.33 bits per heavy atom. The van der Waals surface area contributed by atoms with E-state index in [-0.39, 0.29) is 5.84 Å². The maximum atomic E-state index is 8.75. The fraction of sp³-hybridized carbons (Fsp3) is 0.462. The summed E-state index contributed by atoms with van der Waals surface area (Å²) in [6, 6.07) is 7.74. The molecule has 2 rings (SSSR count). The molecule has 1 heterocycles. The second-order valence-corrected chi connectivity index (χ2v) is 5.32. The first-order chi connectivity index (χ1) is 8.81. The van der Waals surface area contributed by atoms with Gasteiger partial charge in [0, 0.05) is 23.7 Å². The summed E-state index contributed by atoms with van der Waals surface area (Å²) in [7, 11) is 0. The highest BCUT2D eigenvalue weighted by Crippen LogP contribution is 2.21. The average molecular weight is 266 g/mol. The van der Waals surface area contributed by atoms with Crippen LogP contribution in [0.5, 0.6) is 0 Å². The van der Waals surface area contributed by atoms with E-state index in [1.165, 1.54) is 6.42 Å². The van der Waals surface area contributed by atoms with Gasteiger partial charge in [-0.05, 0) is 18.4 Å². The molecule has 0 bridgehead atoms. The first-order valence-electron chi connectivity index (χ1n) is 6.06. The summed E-state index contributed by atoms with van der Waals surface area (Å²) in [5.74, 6) is 2.03. The van der Waals surface area contributed by atoms with Gasteiger partial charge in [0.05, 0.1) is 6.10 Å². The first-order valence-corrected chi connectivity index (χ1v) is 7.22. The van der Waals surface area contributed by atoms with Crippen molar-refractivity contribution in [3.8, 4) is 0 Å². The molecule has 0 radical (unpaired) electrons. The lowest BCUT2D eigenvalue weighted by atomic mass is 10.1. The van der Waals surface area contributed by atoms with Gasteiger partial charge in [-0.15, -0.1) is 0 Å². The van der Waals surface area contributed by atoms with Crippen LogP contribution in [-0.4, -0.2) is 29.5 Å². The van der Waals surface area contributed by atoms with E-state index in [1.807, 2.05) is 36.0 Å². The molecule has 1 fully saturated rings. The summed E-state index contributed by atoms with van der Waals surface area (Å²) in [5.41, 5.74) is 7.55. The van der Waals surface area contributed by atoms with Crippen molar-refractivity contribution in [3.05, 3.63) is 35.4 Å². The van der Waals surface area contributed by atoms with E-state index in [0.717, 1.165) is 35.7 Å². The number of rotatable bonds is 5. The van der Waals surface area contributed by atoms with Gasteiger partial charge in [-0.1, -0.05) is 29.4 Å². The number of amidine groups is 1. The number of oxime groups is 1. The van der Waals surface area contributed by atoms with Crippen LogP contribution >= 0.6 is 11.8 Å². The number of hydrogen-bond donors (Lipinski definition) is 2. The molecular formula is C13H18N2O2S. The van der Waals surface area contributed by atoms with Crippen LogP contribution in [0, 0.1) is 0 Å². The Hall–Kier alpha value is -1.20. The van der Waals surface area contributed by atoms with Crippen LogP contribution in [-0.2, 0) is 10.5 Å². The molecule has 18 heavy (non-hydrogen) atoms. The van der Waals surface area contributed by atoms with E-state index in [4.69, 9.17) is 15.7 Å². The maximum Gasteiger partial charge on any atom is 0.170 e. The smallest absolute Gasteiger partial charge is 0.170 e. The highest BCUT2D eigenvalue weighted by atomic mass is 32.2. The Morgan fingerprint density at radius 1 is 1.50 bits per heavy atom. The monoisotopic (exact) mass is 266 g/mol. The lowest BCUT2D eigenvalue weighted by Crippen LogP contribution is -2.15. The second kappa shape index (κ2) is 6.66. The van der Waals surface area contributed by atoms with E-state index >= 15 is 0 Å². The minimum atomic E-state index is 0.170. The van der Waals surface area contributed by atoms with Gasteiger partial charge in [-0.3, -0.25) is 0 Å². The number of ether oxygens (including phenoxy) is 1. The minimum absolute atomic E-state index is 0.170. The average Bonchev–Trinajstić information content (AvgIpc) is 2.92. The number of benzene rings is 1. The van der Waals surface area contributed by atoms with Crippen molar-refractivity contribution < 1.29 is 9.94 Å². The summed E-state index contributed by atoms with van der Waals surface area (Å²) in [6.45, 7) is 0.895. The summed E-state index contributed by atoms with van der Waals surface area (Å²) in [4.78, 5) is 0. The van der Waals surface area contributed by atoms with Gasteiger partial charge < -0.3 is 15.7 Å². The normalized spacial score (nSPS) is 20.2. The Morgan fingerprint density at radius 3 is 3.06 bits per heavy atom. The van der Waals surface area contributed by atoms with Gasteiger partial charge in [-0.25, -0.2) is 0 Å². The minimum Gasteiger partial charge on any atom is -0.409 e. The molecule has 0 aliphatic carbocycles. The summed E-state index contributed by atoms with van der Waals surface area (Å²) >= 11 is 1.83. The van der Waals surface area contributed by atoms with Crippen molar-refractivity contribution in [1.82, 2.24) is 0 Å². The number of hydrogen-bond acceptors (Lipinski definition) is 4. The maximum absolute atomic E-state index is 8.75. The molecular weight excluding hydrogens is 248 g/mol. The van der Waals surface area contributed by atoms with E-state index in [1.54, 1.807) is 0 Å². The van der Waals surface area contributed by atoms with Crippen LogP contribution in [0.4, 0.5) is 0 Å². The van der Waals surface area contributed by atoms with Crippen LogP contribution in [0.1, 0.15) is 24.0 Å². The van der Waals surface area contributed by atoms with Crippen molar-refractivity contribution >= 4 is 17.6 Å². The molecule has 5 heteroatoms. The lowest BCUT2D eigenvalue weighted by molar-refractivity contribution is 0.129. The Bertz CT molecular complexity index is 417. The Kier molecular flexibility index (Phi) is 4.90. The zero-order valence-electron chi connectivity index (χ0n) is 10.2. The molecule has 1 saturated heterocycles. The fourth-order valence-corrected chi connectivity index (χ4v) is 3.14. The number of nitrogens with zero attached hydrogens (tertiary/aromatic N) is 1. The predicted molar refractivity (Wildman–Crippen MR) is 74.1 cm³/mol. The number of nitrogens with two attached hydrogens (primary N) is 1. The van der Waals surface area contributed by atoms with Crippen molar-refractivity contribution in [2.45, 2.75) is 24.7 Å². The van der Waals surface area contributed by atoms with Gasteiger partial charge in [-0.2, -0.15) is 11.8 Å². The van der Waals surface area contributed by atoms with Gasteiger partial charge in [0.25, 0.3) is 0 Å². The molecule has 98 valence electrons. The Labute approximate surface area is 111 Å². The highest BCUT2D eigenvalue weighted by Gasteiger charge is 2.15. The molecule has 0 spiro atoms. The van der Waals surface area contributed by atoms with Crippen LogP contribution in [0.25, 0.3) is 0 Å². The van der Waals surface area contributed by atoms with Gasteiger partial charge in [0.1, 0.15) is 0 Å². The van der Waals surface area contributed by atoms with Crippen LogP contribution in [0.2, 0.25) is 0 Å². The summed E-state index contributed by atoms with van der Waals surface area (Å²) < 4.78 is 5.58. The standard InChI is InChI=1S/C13H18N2O2S/c14-13(15-16)12-6-2-1-4-10(12)8-18-9-11-5-3-7-17-11/h1-2,4,6,11,16H,3,5,7-9H2,(H2,14,15). The molecule has 1 aliphatic heterocycles. The van der Waals surface area contributed by atoms with Crippen LogP contribution in [0.15, 0.2) is 29.4 Å². The zero-order chi connectivity index (χ0) is 12.8. The molecule has 4 nitrogen and oxygen atoms in total. The van der Waals surface area contributed by atoms with Crippen molar-refractivity contribution in [1.29, 1.82) is 0 Å². The Balaban J connectivity index is 1.92. The van der Waals surface area contributed by atoms with E-state index in [2.05, 4.69) is 5.16 Å². The fourth-order valence-electron chi connectivity index (χ4n) is 2.03. The first kappa shape index (κ1) is 13.2. The lowest BCUT2D eigenvalue weighted by Gasteiger charge is -2.10. The molecule has 1 atom stereocenters. The van der Waals surface area contributed by atoms with Crippen molar-refractivity contribution in [2.24, 2.45) is 10.9 Å². The predicted octanol–water partition coefficient (Wildman–Crippen LogP) is 2.19. The molecule has 3 N–H and O–H groups in total. The number of thioether (sulfide) groups is 1. The molecule has 0 saturated carbocycles. The quantitative estimate of drug-likeness (QED) is 0.371. The van der Waals surface area contributed by atoms with Crippen LogP contribution < -0.4 is 5.73 Å². The largest absolute Gasteiger partial charge is 0.409 e. The molecule has 1 aromatic rings. The van der Waals surface area contributed by atoms with E-state index in [9.17, 15) is 0 Å². The van der Waals surface area contributed by atoms with E-state index < -0.39 is 0 Å². The molecule has 1 aromatic carbocycles. The van der Waals surface area contributed by atoms with Crippen molar-refractivity contribution in [2.75, 3.05) is 12.4 Å². The van der Waals surface area contributed by atoms with Crippen LogP contribution in [0.3, 0.4) is 0 Å².